The Kier molecular flexibility index (Phi) is 5.51. The molecule has 2 rings (SSSR count). The SMILES string of the molecule is O=C(COC(=O)c1ccc(Br)cc1F)Nc1cccc(Cl)c1. The maximum atomic E-state index is 13.6. The lowest BCUT2D eigenvalue weighted by molar-refractivity contribution is -0.119. The van der Waals surface area contributed by atoms with Gasteiger partial charge in [0.15, 0.2) is 6.61 Å². The number of anilines is 1. The molecule has 0 radical (unpaired) electrons. The second-order valence-corrected chi connectivity index (χ2v) is 5.61. The Bertz CT molecular complexity index is 724. The zero-order valence-electron chi connectivity index (χ0n) is 11.1. The lowest BCUT2D eigenvalue weighted by atomic mass is 10.2. The van der Waals surface area contributed by atoms with Gasteiger partial charge < -0.3 is 10.1 Å². The average molecular weight is 387 g/mol. The molecule has 0 aliphatic rings. The average Bonchev–Trinajstić information content (AvgIpc) is 2.45. The van der Waals surface area contributed by atoms with Gasteiger partial charge in [0.2, 0.25) is 0 Å². The molecule has 2 aromatic carbocycles. The minimum absolute atomic E-state index is 0.237. The van der Waals surface area contributed by atoms with Crippen molar-refractivity contribution in [3.05, 3.63) is 63.3 Å². The van der Waals surface area contributed by atoms with Gasteiger partial charge in [-0.05, 0) is 36.4 Å². The van der Waals surface area contributed by atoms with E-state index < -0.39 is 24.3 Å². The van der Waals surface area contributed by atoms with Crippen LogP contribution in [0.15, 0.2) is 46.9 Å². The van der Waals surface area contributed by atoms with E-state index in [1.165, 1.54) is 12.1 Å². The highest BCUT2D eigenvalue weighted by atomic mass is 79.9. The van der Waals surface area contributed by atoms with E-state index >= 15 is 0 Å². The van der Waals surface area contributed by atoms with Crippen molar-refractivity contribution in [2.24, 2.45) is 0 Å². The van der Waals surface area contributed by atoms with Crippen molar-refractivity contribution in [2.75, 3.05) is 11.9 Å². The van der Waals surface area contributed by atoms with Crippen LogP contribution in [0.2, 0.25) is 5.02 Å². The first kappa shape index (κ1) is 16.5. The fourth-order valence-corrected chi connectivity index (χ4v) is 2.15. The molecule has 1 N–H and O–H groups in total. The molecule has 0 atom stereocenters. The first-order valence-electron chi connectivity index (χ1n) is 6.13. The summed E-state index contributed by atoms with van der Waals surface area (Å²) >= 11 is 8.87. The van der Waals surface area contributed by atoms with Crippen LogP contribution in [0.3, 0.4) is 0 Å². The van der Waals surface area contributed by atoms with Crippen molar-refractivity contribution in [3.63, 3.8) is 0 Å². The van der Waals surface area contributed by atoms with Crippen LogP contribution >= 0.6 is 27.5 Å². The smallest absolute Gasteiger partial charge is 0.341 e. The molecule has 0 heterocycles. The highest BCUT2D eigenvalue weighted by Crippen LogP contribution is 2.17. The number of halogens is 3. The minimum atomic E-state index is -0.911. The number of carbonyl (C=O) groups excluding carboxylic acids is 2. The number of esters is 1. The summed E-state index contributed by atoms with van der Waals surface area (Å²) in [7, 11) is 0. The first-order chi connectivity index (χ1) is 10.5. The van der Waals surface area contributed by atoms with Gasteiger partial charge in [-0.3, -0.25) is 4.79 Å². The zero-order valence-corrected chi connectivity index (χ0v) is 13.4. The van der Waals surface area contributed by atoms with Crippen molar-refractivity contribution in [1.82, 2.24) is 0 Å². The summed E-state index contributed by atoms with van der Waals surface area (Å²) in [6.45, 7) is -0.527. The van der Waals surface area contributed by atoms with Crippen molar-refractivity contribution >= 4 is 45.1 Å². The topological polar surface area (TPSA) is 55.4 Å². The summed E-state index contributed by atoms with van der Waals surface area (Å²) in [6, 6.07) is 10.4. The van der Waals surface area contributed by atoms with Gasteiger partial charge in [-0.15, -0.1) is 0 Å². The monoisotopic (exact) mass is 385 g/mol. The van der Waals surface area contributed by atoms with Crippen molar-refractivity contribution in [2.45, 2.75) is 0 Å². The molecule has 22 heavy (non-hydrogen) atoms. The Morgan fingerprint density at radius 3 is 2.68 bits per heavy atom. The molecular weight excluding hydrogens is 377 g/mol. The second kappa shape index (κ2) is 7.38. The van der Waals surface area contributed by atoms with Crippen LogP contribution in [-0.2, 0) is 9.53 Å². The standard InChI is InChI=1S/C15H10BrClFNO3/c16-9-4-5-12(13(18)6-9)15(21)22-8-14(20)19-11-3-1-2-10(17)7-11/h1-7H,8H2,(H,19,20). The largest absolute Gasteiger partial charge is 0.452 e. The molecule has 0 spiro atoms. The normalized spacial score (nSPS) is 10.1. The molecule has 0 bridgehead atoms. The van der Waals surface area contributed by atoms with E-state index in [9.17, 15) is 14.0 Å². The zero-order chi connectivity index (χ0) is 16.1. The third-order valence-electron chi connectivity index (χ3n) is 2.59. The van der Waals surface area contributed by atoms with E-state index in [2.05, 4.69) is 21.2 Å². The Balaban J connectivity index is 1.92. The van der Waals surface area contributed by atoms with Crippen molar-refractivity contribution in [1.29, 1.82) is 0 Å². The number of hydrogen-bond acceptors (Lipinski definition) is 3. The molecule has 1 amide bonds. The molecule has 0 aromatic heterocycles. The molecule has 0 aliphatic carbocycles. The highest BCUT2D eigenvalue weighted by molar-refractivity contribution is 9.10. The quantitative estimate of drug-likeness (QED) is 0.807. The number of carbonyl (C=O) groups is 2. The summed E-state index contributed by atoms with van der Waals surface area (Å²) in [6.07, 6.45) is 0. The van der Waals surface area contributed by atoms with Gasteiger partial charge in [-0.25, -0.2) is 9.18 Å². The van der Waals surface area contributed by atoms with Crippen LogP contribution in [0.25, 0.3) is 0 Å². The molecular formula is C15H10BrClFNO3. The molecule has 2 aromatic rings. The number of rotatable bonds is 4. The Labute approximate surface area is 139 Å². The molecule has 0 unspecified atom stereocenters. The second-order valence-electron chi connectivity index (χ2n) is 4.26. The molecule has 0 aliphatic heterocycles. The van der Waals surface area contributed by atoms with E-state index in [-0.39, 0.29) is 5.56 Å². The lowest BCUT2D eigenvalue weighted by Gasteiger charge is -2.07. The van der Waals surface area contributed by atoms with Crippen LogP contribution in [0.1, 0.15) is 10.4 Å². The number of hydrogen-bond donors (Lipinski definition) is 1. The summed E-state index contributed by atoms with van der Waals surface area (Å²) in [5.41, 5.74) is 0.238. The van der Waals surface area contributed by atoms with Gasteiger partial charge in [0.25, 0.3) is 5.91 Å². The minimum Gasteiger partial charge on any atom is -0.452 e. The summed E-state index contributed by atoms with van der Waals surface area (Å²) < 4.78 is 18.8. The molecule has 0 saturated heterocycles. The summed E-state index contributed by atoms with van der Waals surface area (Å²) in [4.78, 5) is 23.4. The molecule has 7 heteroatoms. The Hall–Kier alpha value is -1.92. The van der Waals surface area contributed by atoms with Crippen LogP contribution < -0.4 is 5.32 Å². The molecule has 0 saturated carbocycles. The van der Waals surface area contributed by atoms with E-state index in [1.807, 2.05) is 0 Å². The number of amides is 1. The molecule has 0 fully saturated rings. The van der Waals surface area contributed by atoms with Crippen molar-refractivity contribution in [3.8, 4) is 0 Å². The predicted octanol–water partition coefficient (Wildman–Crippen LogP) is 4.04. The van der Waals surface area contributed by atoms with Gasteiger partial charge in [-0.2, -0.15) is 0 Å². The van der Waals surface area contributed by atoms with E-state index in [0.29, 0.717) is 15.2 Å². The molecule has 114 valence electrons. The Morgan fingerprint density at radius 1 is 1.23 bits per heavy atom. The van der Waals surface area contributed by atoms with Gasteiger partial charge in [-0.1, -0.05) is 33.6 Å². The number of nitrogens with one attached hydrogen (secondary N) is 1. The summed E-state index contributed by atoms with van der Waals surface area (Å²) in [5.74, 6) is -2.19. The van der Waals surface area contributed by atoms with Crippen LogP contribution in [0, 0.1) is 5.82 Å². The first-order valence-corrected chi connectivity index (χ1v) is 7.30. The third-order valence-corrected chi connectivity index (χ3v) is 3.32. The number of benzene rings is 2. The van der Waals surface area contributed by atoms with Crippen LogP contribution in [0.5, 0.6) is 0 Å². The highest BCUT2D eigenvalue weighted by Gasteiger charge is 2.15. The third kappa shape index (κ3) is 4.54. The fourth-order valence-electron chi connectivity index (χ4n) is 1.63. The Morgan fingerprint density at radius 2 is 2.00 bits per heavy atom. The van der Waals surface area contributed by atoms with Gasteiger partial charge in [0.1, 0.15) is 5.82 Å². The lowest BCUT2D eigenvalue weighted by Crippen LogP contribution is -2.21. The maximum Gasteiger partial charge on any atom is 0.341 e. The van der Waals surface area contributed by atoms with Gasteiger partial charge in [0.05, 0.1) is 5.56 Å². The van der Waals surface area contributed by atoms with Gasteiger partial charge in [0, 0.05) is 15.2 Å². The fraction of sp³-hybridized carbons (Fsp3) is 0.0667. The van der Waals surface area contributed by atoms with E-state index in [1.54, 1.807) is 24.3 Å². The summed E-state index contributed by atoms with van der Waals surface area (Å²) in [5, 5.41) is 2.98. The number of ether oxygens (including phenoxy) is 1. The van der Waals surface area contributed by atoms with Crippen molar-refractivity contribution < 1.29 is 18.7 Å². The maximum absolute atomic E-state index is 13.6. The molecule has 4 nitrogen and oxygen atoms in total. The van der Waals surface area contributed by atoms with E-state index in [0.717, 1.165) is 6.07 Å². The van der Waals surface area contributed by atoms with Crippen LogP contribution in [0.4, 0.5) is 10.1 Å². The van der Waals surface area contributed by atoms with Gasteiger partial charge >= 0.3 is 5.97 Å². The predicted molar refractivity (Wildman–Crippen MR) is 84.5 cm³/mol. The van der Waals surface area contributed by atoms with Crippen LogP contribution in [-0.4, -0.2) is 18.5 Å². The van der Waals surface area contributed by atoms with E-state index in [4.69, 9.17) is 16.3 Å².